The molecule has 1 aromatic rings. The molecule has 1 fully saturated rings. The van der Waals surface area contributed by atoms with E-state index in [1.807, 2.05) is 6.07 Å². The van der Waals surface area contributed by atoms with Crippen LogP contribution in [0.2, 0.25) is 0 Å². The summed E-state index contributed by atoms with van der Waals surface area (Å²) in [6, 6.07) is 3.39. The molecule has 7 heteroatoms. The Hall–Kier alpha value is -1.81. The van der Waals surface area contributed by atoms with Gasteiger partial charge in [0, 0.05) is 17.5 Å². The summed E-state index contributed by atoms with van der Waals surface area (Å²) >= 11 is 1.77. The fourth-order valence-corrected chi connectivity index (χ4v) is 3.49. The molecule has 2 atom stereocenters. The van der Waals surface area contributed by atoms with E-state index in [1.54, 1.807) is 11.8 Å². The fraction of sp³-hybridized carbons (Fsp3) is 0.538. The summed E-state index contributed by atoms with van der Waals surface area (Å²) in [5.41, 5.74) is -0.176. The number of hydrogen-bond acceptors (Lipinski definition) is 6. The number of nitrogens with one attached hydrogen (secondary N) is 1. The molecule has 1 saturated carbocycles. The summed E-state index contributed by atoms with van der Waals surface area (Å²) in [5, 5.41) is 23.8. The van der Waals surface area contributed by atoms with Crippen molar-refractivity contribution in [1.82, 2.24) is 4.98 Å². The summed E-state index contributed by atoms with van der Waals surface area (Å²) in [7, 11) is 0. The molecule has 0 bridgehead atoms. The molecule has 0 aromatic carbocycles. The topological polar surface area (TPSA) is 91.8 Å². The summed E-state index contributed by atoms with van der Waals surface area (Å²) in [5.74, 6) is 0.208. The number of nitro groups is 1. The highest BCUT2D eigenvalue weighted by molar-refractivity contribution is 7.99. The lowest BCUT2D eigenvalue weighted by Crippen LogP contribution is -2.34. The van der Waals surface area contributed by atoms with Crippen LogP contribution in [-0.4, -0.2) is 27.5 Å². The van der Waals surface area contributed by atoms with Crippen LogP contribution in [0, 0.1) is 21.4 Å². The first-order valence-electron chi connectivity index (χ1n) is 6.50. The Morgan fingerprint density at radius 1 is 1.55 bits per heavy atom. The van der Waals surface area contributed by atoms with Gasteiger partial charge in [-0.15, -0.1) is 0 Å². The first-order valence-corrected chi connectivity index (χ1v) is 7.79. The molecule has 1 aliphatic carbocycles. The Labute approximate surface area is 121 Å². The molecule has 1 heterocycles. The zero-order valence-electron chi connectivity index (χ0n) is 11.2. The number of nitrogens with zero attached hydrogens (tertiary/aromatic N) is 3. The van der Waals surface area contributed by atoms with Crippen LogP contribution < -0.4 is 5.32 Å². The minimum Gasteiger partial charge on any atom is -0.360 e. The van der Waals surface area contributed by atoms with E-state index in [1.165, 1.54) is 18.7 Å². The number of rotatable bonds is 4. The van der Waals surface area contributed by atoms with Gasteiger partial charge in [0.05, 0.1) is 4.92 Å². The molecule has 1 aliphatic rings. The van der Waals surface area contributed by atoms with Gasteiger partial charge in [-0.3, -0.25) is 10.1 Å². The van der Waals surface area contributed by atoms with Gasteiger partial charge in [0.25, 0.3) is 0 Å². The highest BCUT2D eigenvalue weighted by atomic mass is 32.2. The summed E-state index contributed by atoms with van der Waals surface area (Å²) < 4.78 is 0. The Morgan fingerprint density at radius 3 is 2.95 bits per heavy atom. The second-order valence-corrected chi connectivity index (χ2v) is 5.81. The lowest BCUT2D eigenvalue weighted by atomic mass is 9.95. The van der Waals surface area contributed by atoms with Crippen molar-refractivity contribution in [2.75, 3.05) is 11.6 Å². The van der Waals surface area contributed by atoms with Crippen LogP contribution in [0.3, 0.4) is 0 Å². The predicted octanol–water partition coefficient (Wildman–Crippen LogP) is 2.95. The van der Waals surface area contributed by atoms with Crippen molar-refractivity contribution in [3.8, 4) is 6.07 Å². The van der Waals surface area contributed by atoms with Crippen molar-refractivity contribution in [1.29, 1.82) is 5.26 Å². The van der Waals surface area contributed by atoms with Crippen LogP contribution in [0.25, 0.3) is 0 Å². The molecular weight excluding hydrogens is 276 g/mol. The molecule has 20 heavy (non-hydrogen) atoms. The van der Waals surface area contributed by atoms with Gasteiger partial charge in [-0.1, -0.05) is 12.8 Å². The standard InChI is InChI=1S/C13H16N4O2S/c1-20-11-5-3-2-4-10(11)16-13-12(17(18)19)9(8-14)6-7-15-13/h6-7,10-11H,2-5H2,1H3,(H,15,16). The molecule has 106 valence electrons. The zero-order chi connectivity index (χ0) is 14.5. The largest absolute Gasteiger partial charge is 0.360 e. The Balaban J connectivity index is 2.29. The second kappa shape index (κ2) is 6.57. The maximum atomic E-state index is 11.2. The number of pyridine rings is 1. The van der Waals surface area contributed by atoms with E-state index in [0.29, 0.717) is 5.25 Å². The quantitative estimate of drug-likeness (QED) is 0.677. The van der Waals surface area contributed by atoms with Crippen LogP contribution in [0.4, 0.5) is 11.5 Å². The van der Waals surface area contributed by atoms with E-state index in [0.717, 1.165) is 19.3 Å². The molecule has 1 aromatic heterocycles. The van der Waals surface area contributed by atoms with Crippen molar-refractivity contribution < 1.29 is 4.92 Å². The molecule has 0 spiro atoms. The number of hydrogen-bond donors (Lipinski definition) is 1. The first kappa shape index (κ1) is 14.6. The maximum absolute atomic E-state index is 11.2. The number of nitriles is 1. The third kappa shape index (κ3) is 3.02. The Bertz CT molecular complexity index is 544. The average Bonchev–Trinajstić information content (AvgIpc) is 2.47. The molecule has 0 saturated heterocycles. The third-order valence-electron chi connectivity index (χ3n) is 3.55. The van der Waals surface area contributed by atoms with Crippen molar-refractivity contribution in [3.05, 3.63) is 27.9 Å². The molecule has 6 nitrogen and oxygen atoms in total. The minimum atomic E-state index is -0.537. The molecule has 2 rings (SSSR count). The zero-order valence-corrected chi connectivity index (χ0v) is 12.0. The van der Waals surface area contributed by atoms with Crippen molar-refractivity contribution >= 4 is 23.3 Å². The molecule has 1 N–H and O–H groups in total. The Morgan fingerprint density at radius 2 is 2.30 bits per heavy atom. The summed E-state index contributed by atoms with van der Waals surface area (Å²) in [4.78, 5) is 14.7. The first-order chi connectivity index (χ1) is 9.67. The second-order valence-electron chi connectivity index (χ2n) is 4.73. The van der Waals surface area contributed by atoms with Crippen molar-refractivity contribution in [2.45, 2.75) is 37.0 Å². The van der Waals surface area contributed by atoms with E-state index in [-0.39, 0.29) is 23.1 Å². The van der Waals surface area contributed by atoms with Crippen molar-refractivity contribution in [3.63, 3.8) is 0 Å². The van der Waals surface area contributed by atoms with Crippen LogP contribution in [0.15, 0.2) is 12.3 Å². The van der Waals surface area contributed by atoms with Gasteiger partial charge < -0.3 is 5.32 Å². The highest BCUT2D eigenvalue weighted by Gasteiger charge is 2.28. The van der Waals surface area contributed by atoms with Gasteiger partial charge in [-0.25, -0.2) is 4.98 Å². The van der Waals surface area contributed by atoms with Crippen LogP contribution in [0.5, 0.6) is 0 Å². The van der Waals surface area contributed by atoms with E-state index in [4.69, 9.17) is 5.26 Å². The van der Waals surface area contributed by atoms with Gasteiger partial charge in [0.1, 0.15) is 11.6 Å². The average molecular weight is 292 g/mol. The smallest absolute Gasteiger partial charge is 0.328 e. The summed E-state index contributed by atoms with van der Waals surface area (Å²) in [6.07, 6.45) is 7.87. The number of thioether (sulfide) groups is 1. The molecule has 0 radical (unpaired) electrons. The van der Waals surface area contributed by atoms with E-state index >= 15 is 0 Å². The predicted molar refractivity (Wildman–Crippen MR) is 78.8 cm³/mol. The molecular formula is C13H16N4O2S. The number of anilines is 1. The molecule has 0 amide bonds. The van der Waals surface area contributed by atoms with Crippen LogP contribution in [0.1, 0.15) is 31.2 Å². The molecule has 0 aliphatic heterocycles. The van der Waals surface area contributed by atoms with Gasteiger partial charge in [0.15, 0.2) is 0 Å². The van der Waals surface area contributed by atoms with Gasteiger partial charge in [-0.2, -0.15) is 17.0 Å². The van der Waals surface area contributed by atoms with Gasteiger partial charge in [-0.05, 0) is 25.2 Å². The normalized spacial score (nSPS) is 22.0. The summed E-state index contributed by atoms with van der Waals surface area (Å²) in [6.45, 7) is 0. The van der Waals surface area contributed by atoms with Crippen LogP contribution in [-0.2, 0) is 0 Å². The third-order valence-corrected chi connectivity index (χ3v) is 4.72. The fourth-order valence-electron chi connectivity index (χ4n) is 2.55. The van der Waals surface area contributed by atoms with E-state index < -0.39 is 4.92 Å². The highest BCUT2D eigenvalue weighted by Crippen LogP contribution is 2.32. The lowest BCUT2D eigenvalue weighted by Gasteiger charge is -2.31. The van der Waals surface area contributed by atoms with E-state index in [2.05, 4.69) is 16.6 Å². The van der Waals surface area contributed by atoms with Crippen LogP contribution >= 0.6 is 11.8 Å². The molecule has 2 unspecified atom stereocenters. The minimum absolute atomic E-state index is 0.0454. The Kier molecular flexibility index (Phi) is 4.79. The maximum Gasteiger partial charge on any atom is 0.328 e. The monoisotopic (exact) mass is 292 g/mol. The number of aromatic nitrogens is 1. The SMILES string of the molecule is CSC1CCCCC1Nc1nccc(C#N)c1[N+](=O)[O-]. The van der Waals surface area contributed by atoms with Crippen molar-refractivity contribution in [2.24, 2.45) is 0 Å². The lowest BCUT2D eigenvalue weighted by molar-refractivity contribution is -0.384. The van der Waals surface area contributed by atoms with Gasteiger partial charge in [0.2, 0.25) is 5.82 Å². The van der Waals surface area contributed by atoms with Gasteiger partial charge >= 0.3 is 5.69 Å². The van der Waals surface area contributed by atoms with E-state index in [9.17, 15) is 10.1 Å².